The smallest absolute Gasteiger partial charge is 0.194 e. The highest BCUT2D eigenvalue weighted by molar-refractivity contribution is 7.07. The third kappa shape index (κ3) is 4.49. The highest BCUT2D eigenvalue weighted by Gasteiger charge is 2.32. The molecule has 24 heavy (non-hydrogen) atoms. The number of aliphatic imine (C=N–C) groups is 1. The van der Waals surface area contributed by atoms with Gasteiger partial charge in [-0.3, -0.25) is 4.99 Å². The Morgan fingerprint density at radius 1 is 1.42 bits per heavy atom. The van der Waals surface area contributed by atoms with Crippen molar-refractivity contribution in [2.45, 2.75) is 44.8 Å². The van der Waals surface area contributed by atoms with Gasteiger partial charge in [-0.15, -0.1) is 0 Å². The number of nitrogens with zero attached hydrogens (tertiary/aromatic N) is 2. The Kier molecular flexibility index (Phi) is 6.51. The second-order valence-electron chi connectivity index (χ2n) is 6.56. The number of morpholine rings is 1. The standard InChI is InChI=1S/C18H29N3O2S/c1-3-19-18(20-11-14(2)15-6-10-24-13-15)21-7-9-23-17(12-21)16-5-4-8-22-16/h6,10,13-14,16-17H,3-5,7-9,11-12H2,1-2H3,(H,19,20). The minimum atomic E-state index is 0.166. The zero-order valence-electron chi connectivity index (χ0n) is 14.7. The summed E-state index contributed by atoms with van der Waals surface area (Å²) in [5.74, 6) is 1.45. The lowest BCUT2D eigenvalue weighted by atomic mass is 10.1. The first-order valence-electron chi connectivity index (χ1n) is 9.06. The second-order valence-corrected chi connectivity index (χ2v) is 7.34. The van der Waals surface area contributed by atoms with Gasteiger partial charge in [-0.1, -0.05) is 6.92 Å². The van der Waals surface area contributed by atoms with Crippen LogP contribution < -0.4 is 5.32 Å². The van der Waals surface area contributed by atoms with E-state index < -0.39 is 0 Å². The average molecular weight is 352 g/mol. The Morgan fingerprint density at radius 3 is 3.00 bits per heavy atom. The van der Waals surface area contributed by atoms with E-state index in [-0.39, 0.29) is 12.2 Å². The van der Waals surface area contributed by atoms with E-state index >= 15 is 0 Å². The van der Waals surface area contributed by atoms with Crippen molar-refractivity contribution in [2.24, 2.45) is 4.99 Å². The zero-order valence-corrected chi connectivity index (χ0v) is 15.6. The number of rotatable bonds is 5. The molecule has 1 aromatic rings. The quantitative estimate of drug-likeness (QED) is 0.654. The molecule has 3 unspecified atom stereocenters. The van der Waals surface area contributed by atoms with Gasteiger partial charge >= 0.3 is 0 Å². The van der Waals surface area contributed by atoms with E-state index in [1.807, 2.05) is 0 Å². The van der Waals surface area contributed by atoms with Gasteiger partial charge in [0, 0.05) is 38.7 Å². The molecule has 2 aliphatic heterocycles. The predicted octanol–water partition coefficient (Wildman–Crippen LogP) is 2.70. The molecule has 6 heteroatoms. The molecule has 0 radical (unpaired) electrons. The van der Waals surface area contributed by atoms with E-state index in [9.17, 15) is 0 Å². The molecule has 5 nitrogen and oxygen atoms in total. The predicted molar refractivity (Wildman–Crippen MR) is 99.0 cm³/mol. The summed E-state index contributed by atoms with van der Waals surface area (Å²) in [7, 11) is 0. The lowest BCUT2D eigenvalue weighted by Crippen LogP contribution is -2.53. The lowest BCUT2D eigenvalue weighted by molar-refractivity contribution is -0.0817. The Morgan fingerprint density at radius 2 is 2.29 bits per heavy atom. The lowest BCUT2D eigenvalue weighted by Gasteiger charge is -2.37. The maximum atomic E-state index is 5.96. The average Bonchev–Trinajstić information content (AvgIpc) is 3.32. The molecule has 0 saturated carbocycles. The van der Waals surface area contributed by atoms with Crippen LogP contribution in [0.15, 0.2) is 21.8 Å². The molecule has 1 N–H and O–H groups in total. The van der Waals surface area contributed by atoms with E-state index in [0.717, 1.165) is 58.2 Å². The molecule has 2 saturated heterocycles. The fourth-order valence-electron chi connectivity index (χ4n) is 3.30. The summed E-state index contributed by atoms with van der Waals surface area (Å²) in [5.41, 5.74) is 1.37. The Labute approximate surface area is 149 Å². The van der Waals surface area contributed by atoms with Crippen LogP contribution in [0.5, 0.6) is 0 Å². The van der Waals surface area contributed by atoms with Gasteiger partial charge in [0.15, 0.2) is 5.96 Å². The van der Waals surface area contributed by atoms with E-state index in [0.29, 0.717) is 5.92 Å². The summed E-state index contributed by atoms with van der Waals surface area (Å²) >= 11 is 1.75. The highest BCUT2D eigenvalue weighted by Crippen LogP contribution is 2.22. The Hall–Kier alpha value is -1.11. The Balaban J connectivity index is 1.61. The molecule has 134 valence electrons. The molecule has 0 amide bonds. The first-order chi connectivity index (χ1) is 11.8. The van der Waals surface area contributed by atoms with Crippen molar-refractivity contribution in [1.82, 2.24) is 10.2 Å². The van der Waals surface area contributed by atoms with Gasteiger partial charge in [-0.25, -0.2) is 0 Å². The van der Waals surface area contributed by atoms with E-state index in [1.54, 1.807) is 11.3 Å². The summed E-state index contributed by atoms with van der Waals surface area (Å²) in [5, 5.41) is 7.80. The van der Waals surface area contributed by atoms with Gasteiger partial charge in [0.2, 0.25) is 0 Å². The maximum absolute atomic E-state index is 5.96. The van der Waals surface area contributed by atoms with Crippen LogP contribution in [0.1, 0.15) is 38.2 Å². The van der Waals surface area contributed by atoms with Gasteiger partial charge < -0.3 is 19.7 Å². The third-order valence-corrected chi connectivity index (χ3v) is 5.44. The molecular weight excluding hydrogens is 322 g/mol. The molecule has 0 aliphatic carbocycles. The van der Waals surface area contributed by atoms with E-state index in [1.165, 1.54) is 5.56 Å². The van der Waals surface area contributed by atoms with Crippen molar-refractivity contribution in [3.8, 4) is 0 Å². The van der Waals surface area contributed by atoms with Gasteiger partial charge in [0.05, 0.1) is 12.7 Å². The van der Waals surface area contributed by atoms with Crippen molar-refractivity contribution in [1.29, 1.82) is 0 Å². The maximum Gasteiger partial charge on any atom is 0.194 e. The van der Waals surface area contributed by atoms with Crippen LogP contribution in [-0.2, 0) is 9.47 Å². The molecule has 2 aliphatic rings. The highest BCUT2D eigenvalue weighted by atomic mass is 32.1. The third-order valence-electron chi connectivity index (χ3n) is 4.73. The number of nitrogens with one attached hydrogen (secondary N) is 1. The van der Waals surface area contributed by atoms with Gasteiger partial charge in [-0.05, 0) is 42.2 Å². The normalized spacial score (nSPS) is 26.6. The van der Waals surface area contributed by atoms with Crippen LogP contribution in [0, 0.1) is 0 Å². The van der Waals surface area contributed by atoms with Crippen molar-refractivity contribution in [3.63, 3.8) is 0 Å². The van der Waals surface area contributed by atoms with Crippen molar-refractivity contribution < 1.29 is 9.47 Å². The summed E-state index contributed by atoms with van der Waals surface area (Å²) in [6.07, 6.45) is 2.68. The largest absolute Gasteiger partial charge is 0.375 e. The molecule has 0 aromatic carbocycles. The van der Waals surface area contributed by atoms with Crippen LogP contribution in [0.2, 0.25) is 0 Å². The first kappa shape index (κ1) is 17.7. The van der Waals surface area contributed by atoms with Crippen molar-refractivity contribution in [3.05, 3.63) is 22.4 Å². The van der Waals surface area contributed by atoms with E-state index in [2.05, 4.69) is 40.9 Å². The number of thiophene rings is 1. The van der Waals surface area contributed by atoms with E-state index in [4.69, 9.17) is 14.5 Å². The molecule has 0 bridgehead atoms. The second kappa shape index (κ2) is 8.83. The SMILES string of the molecule is CCNC(=NCC(C)c1ccsc1)N1CCOC(C2CCCO2)C1. The van der Waals surface area contributed by atoms with Crippen LogP contribution in [0.25, 0.3) is 0 Å². The molecule has 3 heterocycles. The topological polar surface area (TPSA) is 46.1 Å². The van der Waals surface area contributed by atoms with Gasteiger partial charge in [-0.2, -0.15) is 11.3 Å². The molecule has 1 aromatic heterocycles. The fraction of sp³-hybridized carbons (Fsp3) is 0.722. The zero-order chi connectivity index (χ0) is 16.8. The van der Waals surface area contributed by atoms with Gasteiger partial charge in [0.25, 0.3) is 0 Å². The number of hydrogen-bond acceptors (Lipinski definition) is 4. The molecule has 2 fully saturated rings. The van der Waals surface area contributed by atoms with Crippen molar-refractivity contribution >= 4 is 17.3 Å². The van der Waals surface area contributed by atoms with Crippen LogP contribution in [-0.4, -0.2) is 62.5 Å². The summed E-state index contributed by atoms with van der Waals surface area (Å²) < 4.78 is 11.8. The fourth-order valence-corrected chi connectivity index (χ4v) is 4.08. The molecule has 3 rings (SSSR count). The van der Waals surface area contributed by atoms with Gasteiger partial charge in [0.1, 0.15) is 6.10 Å². The van der Waals surface area contributed by atoms with Crippen LogP contribution >= 0.6 is 11.3 Å². The summed E-state index contributed by atoms with van der Waals surface area (Å²) in [6, 6.07) is 2.19. The number of hydrogen-bond donors (Lipinski definition) is 1. The minimum Gasteiger partial charge on any atom is -0.375 e. The Bertz CT molecular complexity index is 514. The minimum absolute atomic E-state index is 0.166. The van der Waals surface area contributed by atoms with Crippen LogP contribution in [0.3, 0.4) is 0 Å². The molecular formula is C18H29N3O2S. The monoisotopic (exact) mass is 351 g/mol. The first-order valence-corrected chi connectivity index (χ1v) is 10.0. The summed E-state index contributed by atoms with van der Waals surface area (Å²) in [4.78, 5) is 7.23. The number of guanidine groups is 1. The van der Waals surface area contributed by atoms with Crippen LogP contribution in [0.4, 0.5) is 0 Å². The van der Waals surface area contributed by atoms with Crippen molar-refractivity contribution in [2.75, 3.05) is 39.4 Å². The summed E-state index contributed by atoms with van der Waals surface area (Å²) in [6.45, 7) is 9.42. The molecule has 3 atom stereocenters. The molecule has 0 spiro atoms. The number of ether oxygens (including phenoxy) is 2.